The molecule has 2 aromatic rings. The molecule has 0 fully saturated rings. The Labute approximate surface area is 188 Å². The Morgan fingerprint density at radius 2 is 1.79 bits per heavy atom. The third-order valence-electron chi connectivity index (χ3n) is 4.02. The van der Waals surface area contributed by atoms with Crippen LogP contribution in [0, 0.1) is 0 Å². The SMILES string of the molecule is CS(=O)(=O)N(c1cc(CNc2ccccc2C(=O)NC2=COC(F)(F)O2)ccn1)S(C)(=O)=O. The molecule has 1 amide bonds. The van der Waals surface area contributed by atoms with E-state index in [1.54, 1.807) is 18.2 Å². The number of aromatic nitrogens is 1. The van der Waals surface area contributed by atoms with Crippen LogP contribution in [0.1, 0.15) is 15.9 Å². The van der Waals surface area contributed by atoms with Gasteiger partial charge >= 0.3 is 6.29 Å². The van der Waals surface area contributed by atoms with Crippen molar-refractivity contribution in [2.24, 2.45) is 0 Å². The number of nitrogens with zero attached hydrogens (tertiary/aromatic N) is 2. The largest absolute Gasteiger partial charge is 0.586 e. The molecule has 0 spiro atoms. The number of carbonyl (C=O) groups excluding carboxylic acids is 1. The number of benzene rings is 1. The quantitative estimate of drug-likeness (QED) is 0.547. The van der Waals surface area contributed by atoms with E-state index in [2.05, 4.69) is 25.1 Å². The van der Waals surface area contributed by atoms with Crippen LogP contribution in [0.2, 0.25) is 0 Å². The molecule has 11 nitrogen and oxygen atoms in total. The molecule has 15 heteroatoms. The van der Waals surface area contributed by atoms with E-state index in [0.29, 0.717) is 17.5 Å². The lowest BCUT2D eigenvalue weighted by Crippen LogP contribution is -2.35. The Balaban J connectivity index is 1.78. The third-order valence-corrected chi connectivity index (χ3v) is 7.23. The molecule has 0 bridgehead atoms. The maximum absolute atomic E-state index is 12.9. The summed E-state index contributed by atoms with van der Waals surface area (Å²) in [6.45, 7) is 0.0432. The Morgan fingerprint density at radius 3 is 2.39 bits per heavy atom. The van der Waals surface area contributed by atoms with Gasteiger partial charge in [-0.25, -0.2) is 21.8 Å². The number of halogens is 2. The second-order valence-corrected chi connectivity index (χ2v) is 10.7. The lowest BCUT2D eigenvalue weighted by Gasteiger charge is -2.19. The summed E-state index contributed by atoms with van der Waals surface area (Å²) < 4.78 is 82.0. The van der Waals surface area contributed by atoms with Gasteiger partial charge in [0.1, 0.15) is 0 Å². The van der Waals surface area contributed by atoms with Gasteiger partial charge in [0.25, 0.3) is 5.91 Å². The van der Waals surface area contributed by atoms with Crippen molar-refractivity contribution >= 4 is 37.5 Å². The van der Waals surface area contributed by atoms with Crippen LogP contribution >= 0.6 is 0 Å². The molecular weight excluding hydrogens is 486 g/mol. The molecule has 33 heavy (non-hydrogen) atoms. The van der Waals surface area contributed by atoms with Crippen molar-refractivity contribution in [3.8, 4) is 0 Å². The van der Waals surface area contributed by atoms with E-state index < -0.39 is 38.1 Å². The summed E-state index contributed by atoms with van der Waals surface area (Å²) in [6, 6.07) is 8.92. The van der Waals surface area contributed by atoms with E-state index in [1.807, 2.05) is 0 Å². The van der Waals surface area contributed by atoms with E-state index in [9.17, 15) is 30.4 Å². The minimum Gasteiger partial charge on any atom is -0.402 e. The number of alkyl halides is 2. The highest BCUT2D eigenvalue weighted by Gasteiger charge is 2.41. The van der Waals surface area contributed by atoms with E-state index in [0.717, 1.165) is 12.5 Å². The van der Waals surface area contributed by atoms with Crippen LogP contribution in [0.3, 0.4) is 0 Å². The lowest BCUT2D eigenvalue weighted by atomic mass is 10.1. The molecule has 0 atom stereocenters. The first-order valence-electron chi connectivity index (χ1n) is 9.01. The van der Waals surface area contributed by atoms with Gasteiger partial charge in [-0.1, -0.05) is 12.1 Å². The molecule has 1 aliphatic heterocycles. The molecule has 1 aromatic heterocycles. The molecule has 1 aliphatic rings. The average Bonchev–Trinajstić information content (AvgIpc) is 3.03. The van der Waals surface area contributed by atoms with Gasteiger partial charge in [-0.05, 0) is 29.8 Å². The Kier molecular flexibility index (Phi) is 6.46. The van der Waals surface area contributed by atoms with E-state index in [4.69, 9.17) is 0 Å². The number of hydrogen-bond donors (Lipinski definition) is 2. The topological polar surface area (TPSA) is 144 Å². The summed E-state index contributed by atoms with van der Waals surface area (Å²) in [7, 11) is -8.34. The van der Waals surface area contributed by atoms with Crippen LogP contribution in [-0.4, -0.2) is 46.5 Å². The van der Waals surface area contributed by atoms with Gasteiger partial charge in [-0.3, -0.25) is 10.1 Å². The summed E-state index contributed by atoms with van der Waals surface area (Å²) >= 11 is 0. The van der Waals surface area contributed by atoms with Crippen LogP contribution in [0.4, 0.5) is 20.3 Å². The number of anilines is 2. The van der Waals surface area contributed by atoms with Crippen molar-refractivity contribution in [3.05, 3.63) is 65.9 Å². The molecule has 0 saturated heterocycles. The Hall–Kier alpha value is -3.46. The molecule has 2 heterocycles. The van der Waals surface area contributed by atoms with Crippen LogP contribution in [0.25, 0.3) is 0 Å². The van der Waals surface area contributed by atoms with Gasteiger partial charge in [0.15, 0.2) is 12.1 Å². The summed E-state index contributed by atoms with van der Waals surface area (Å²) in [5, 5.41) is 5.10. The first-order valence-corrected chi connectivity index (χ1v) is 12.7. The first-order chi connectivity index (χ1) is 15.3. The molecule has 0 radical (unpaired) electrons. The van der Waals surface area contributed by atoms with Crippen molar-refractivity contribution < 1.29 is 39.9 Å². The average molecular weight is 504 g/mol. The molecule has 0 saturated carbocycles. The highest BCUT2D eigenvalue weighted by Crippen LogP contribution is 2.27. The number of hydrogen-bond acceptors (Lipinski definition) is 9. The van der Waals surface area contributed by atoms with Crippen molar-refractivity contribution in [1.29, 1.82) is 0 Å². The number of ether oxygens (including phenoxy) is 2. The second-order valence-electron chi connectivity index (χ2n) is 6.76. The van der Waals surface area contributed by atoms with Crippen molar-refractivity contribution in [3.63, 3.8) is 0 Å². The van der Waals surface area contributed by atoms with Gasteiger partial charge in [0, 0.05) is 18.4 Å². The van der Waals surface area contributed by atoms with Gasteiger partial charge in [0.2, 0.25) is 25.9 Å². The minimum absolute atomic E-state index is 0.0432. The van der Waals surface area contributed by atoms with Crippen molar-refractivity contribution in [1.82, 2.24) is 10.3 Å². The number of para-hydroxylation sites is 1. The Morgan fingerprint density at radius 1 is 1.12 bits per heavy atom. The normalized spacial score (nSPS) is 15.1. The molecule has 0 unspecified atom stereocenters. The summed E-state index contributed by atoms with van der Waals surface area (Å²) in [4.78, 5) is 16.3. The number of sulfonamides is 2. The third kappa shape index (κ3) is 6.07. The minimum atomic E-state index is -4.17. The molecule has 2 N–H and O–H groups in total. The molecule has 0 aliphatic carbocycles. The maximum Gasteiger partial charge on any atom is 0.586 e. The molecule has 178 valence electrons. The Bertz CT molecular complexity index is 1280. The van der Waals surface area contributed by atoms with Crippen molar-refractivity contribution in [2.75, 3.05) is 21.5 Å². The number of rotatable bonds is 8. The molecular formula is C18H18F2N4O7S2. The highest BCUT2D eigenvalue weighted by atomic mass is 32.3. The zero-order valence-corrected chi connectivity index (χ0v) is 18.8. The number of pyridine rings is 1. The predicted molar refractivity (Wildman–Crippen MR) is 113 cm³/mol. The smallest absolute Gasteiger partial charge is 0.402 e. The fourth-order valence-corrected chi connectivity index (χ4v) is 5.67. The highest BCUT2D eigenvalue weighted by molar-refractivity contribution is 8.09. The zero-order chi connectivity index (χ0) is 24.4. The van der Waals surface area contributed by atoms with E-state index in [1.165, 1.54) is 24.4 Å². The molecule has 3 rings (SSSR count). The zero-order valence-electron chi connectivity index (χ0n) is 17.2. The van der Waals surface area contributed by atoms with E-state index >= 15 is 0 Å². The predicted octanol–water partition coefficient (Wildman–Crippen LogP) is 1.55. The van der Waals surface area contributed by atoms with Crippen LogP contribution < -0.4 is 14.3 Å². The number of carbonyl (C=O) groups is 1. The summed E-state index contributed by atoms with van der Waals surface area (Å²) in [5.41, 5.74) is 0.838. The lowest BCUT2D eigenvalue weighted by molar-refractivity contribution is -0.334. The summed E-state index contributed by atoms with van der Waals surface area (Å²) in [6.07, 6.45) is -0.592. The van der Waals surface area contributed by atoms with E-state index in [-0.39, 0.29) is 21.6 Å². The first kappa shape index (κ1) is 24.2. The van der Waals surface area contributed by atoms with Crippen LogP contribution in [0.5, 0.6) is 0 Å². The van der Waals surface area contributed by atoms with Crippen LogP contribution in [0.15, 0.2) is 54.7 Å². The van der Waals surface area contributed by atoms with Gasteiger partial charge in [-0.2, -0.15) is 0 Å². The molecule has 1 aromatic carbocycles. The maximum atomic E-state index is 12.9. The fourth-order valence-electron chi connectivity index (χ4n) is 2.82. The second kappa shape index (κ2) is 8.82. The van der Waals surface area contributed by atoms with Crippen molar-refractivity contribution in [2.45, 2.75) is 12.8 Å². The van der Waals surface area contributed by atoms with Crippen LogP contribution in [-0.2, 0) is 36.1 Å². The van der Waals surface area contributed by atoms with Gasteiger partial charge < -0.3 is 14.8 Å². The number of amides is 1. The fraction of sp³-hybridized carbons (Fsp3) is 0.222. The van der Waals surface area contributed by atoms with Gasteiger partial charge in [0.05, 0.1) is 18.1 Å². The number of nitrogens with one attached hydrogen (secondary N) is 2. The monoisotopic (exact) mass is 504 g/mol. The van der Waals surface area contributed by atoms with Gasteiger partial charge in [-0.15, -0.1) is 12.5 Å². The standard InChI is InChI=1S/C18H18F2N4O7S2/c1-32(26,27)24(33(2,28)29)15-9-12(7-8-21-15)10-22-14-6-4-3-5-13(14)17(25)23-16-11-30-18(19,20)31-16/h3-9,11,22H,10H2,1-2H3,(H,23,25). The summed E-state index contributed by atoms with van der Waals surface area (Å²) in [5.74, 6) is -1.65.